The highest BCUT2D eigenvalue weighted by Crippen LogP contribution is 2.33. The third kappa shape index (κ3) is 1.59. The maximum absolute atomic E-state index is 5.70. The van der Waals surface area contributed by atoms with Crippen LogP contribution in [0.2, 0.25) is 0 Å². The Kier molecular flexibility index (Phi) is 2.55. The average Bonchev–Trinajstić information content (AvgIpc) is 2.50. The summed E-state index contributed by atoms with van der Waals surface area (Å²) in [6, 6.07) is 0. The van der Waals surface area contributed by atoms with E-state index in [9.17, 15) is 0 Å². The van der Waals surface area contributed by atoms with Crippen LogP contribution < -0.4 is 0 Å². The van der Waals surface area contributed by atoms with Gasteiger partial charge in [-0.15, -0.1) is 11.6 Å². The van der Waals surface area contributed by atoms with Gasteiger partial charge in [0, 0.05) is 12.8 Å². The lowest BCUT2D eigenvalue weighted by molar-refractivity contribution is -0.209. The highest BCUT2D eigenvalue weighted by atomic mass is 35.5. The summed E-state index contributed by atoms with van der Waals surface area (Å²) in [5, 5.41) is 0. The van der Waals surface area contributed by atoms with Crippen LogP contribution in [0.1, 0.15) is 12.8 Å². The summed E-state index contributed by atoms with van der Waals surface area (Å²) in [7, 11) is 0. The maximum Gasteiger partial charge on any atom is 0.173 e. The van der Waals surface area contributed by atoms with E-state index in [4.69, 9.17) is 25.8 Å². The van der Waals surface area contributed by atoms with E-state index in [0.717, 1.165) is 26.1 Å². The summed E-state index contributed by atoms with van der Waals surface area (Å²) in [5.74, 6) is 0.153. The second kappa shape index (κ2) is 3.50. The molecule has 0 aliphatic carbocycles. The van der Waals surface area contributed by atoms with Crippen molar-refractivity contribution in [3.63, 3.8) is 0 Å². The highest BCUT2D eigenvalue weighted by Gasteiger charge is 2.42. The zero-order valence-corrected chi connectivity index (χ0v) is 7.68. The largest absolute Gasteiger partial charge is 0.381 e. The second-order valence-corrected chi connectivity index (χ2v) is 3.54. The molecule has 0 amide bonds. The van der Waals surface area contributed by atoms with Gasteiger partial charge in [0.1, 0.15) is 0 Å². The first-order valence-corrected chi connectivity index (χ1v) is 4.84. The van der Waals surface area contributed by atoms with Gasteiger partial charge in [-0.25, -0.2) is 0 Å². The highest BCUT2D eigenvalue weighted by molar-refractivity contribution is 6.18. The molecule has 2 rings (SSSR count). The summed E-state index contributed by atoms with van der Waals surface area (Å²) in [4.78, 5) is 0. The third-order valence-electron chi connectivity index (χ3n) is 2.34. The molecule has 0 bridgehead atoms. The van der Waals surface area contributed by atoms with Gasteiger partial charge in [0.2, 0.25) is 0 Å². The van der Waals surface area contributed by atoms with Gasteiger partial charge in [-0.3, -0.25) is 0 Å². The van der Waals surface area contributed by atoms with Gasteiger partial charge in [-0.05, 0) is 0 Å². The van der Waals surface area contributed by atoms with Crippen molar-refractivity contribution in [2.24, 2.45) is 0 Å². The van der Waals surface area contributed by atoms with Crippen LogP contribution >= 0.6 is 11.6 Å². The molecular formula is C8H13ClO3. The van der Waals surface area contributed by atoms with Crippen molar-refractivity contribution >= 4 is 11.6 Å². The van der Waals surface area contributed by atoms with Gasteiger partial charge in [-0.1, -0.05) is 0 Å². The van der Waals surface area contributed by atoms with E-state index < -0.39 is 0 Å². The lowest BCUT2D eigenvalue weighted by Gasteiger charge is -2.31. The summed E-state index contributed by atoms with van der Waals surface area (Å²) in [6.45, 7) is 2.09. The Morgan fingerprint density at radius 2 is 2.08 bits per heavy atom. The molecule has 4 heteroatoms. The van der Waals surface area contributed by atoms with Crippen LogP contribution in [-0.4, -0.2) is 37.6 Å². The molecule has 2 heterocycles. The van der Waals surface area contributed by atoms with Gasteiger partial charge in [0.05, 0.1) is 31.8 Å². The monoisotopic (exact) mass is 192 g/mol. The Labute approximate surface area is 76.9 Å². The molecule has 2 saturated heterocycles. The predicted molar refractivity (Wildman–Crippen MR) is 44.3 cm³/mol. The summed E-state index contributed by atoms with van der Waals surface area (Å²) in [5.41, 5.74) is 0. The van der Waals surface area contributed by atoms with Gasteiger partial charge >= 0.3 is 0 Å². The van der Waals surface area contributed by atoms with Crippen LogP contribution in [0.4, 0.5) is 0 Å². The fraction of sp³-hybridized carbons (Fsp3) is 1.00. The van der Waals surface area contributed by atoms with Crippen LogP contribution in [0.3, 0.4) is 0 Å². The second-order valence-electron chi connectivity index (χ2n) is 3.23. The molecule has 0 saturated carbocycles. The van der Waals surface area contributed by atoms with Crippen molar-refractivity contribution in [2.75, 3.05) is 25.7 Å². The van der Waals surface area contributed by atoms with E-state index in [1.54, 1.807) is 0 Å². The van der Waals surface area contributed by atoms with Crippen molar-refractivity contribution in [3.8, 4) is 0 Å². The quantitative estimate of drug-likeness (QED) is 0.584. The first-order valence-electron chi connectivity index (χ1n) is 4.30. The van der Waals surface area contributed by atoms with Gasteiger partial charge in [0.25, 0.3) is 0 Å². The number of alkyl halides is 1. The fourth-order valence-electron chi connectivity index (χ4n) is 1.64. The van der Waals surface area contributed by atoms with E-state index in [0.29, 0.717) is 12.5 Å². The topological polar surface area (TPSA) is 27.7 Å². The minimum absolute atomic E-state index is 0.0739. The predicted octanol–water partition coefficient (Wildman–Crippen LogP) is 1.15. The summed E-state index contributed by atoms with van der Waals surface area (Å²) in [6.07, 6.45) is 1.74. The number of halogens is 1. The van der Waals surface area contributed by atoms with Crippen LogP contribution in [0.15, 0.2) is 0 Å². The first kappa shape index (κ1) is 8.75. The molecule has 0 radical (unpaired) electrons. The molecule has 1 unspecified atom stereocenters. The molecule has 0 aromatic carbocycles. The number of rotatable bonds is 1. The Morgan fingerprint density at radius 1 is 1.33 bits per heavy atom. The van der Waals surface area contributed by atoms with Crippen LogP contribution in [-0.2, 0) is 14.2 Å². The minimum Gasteiger partial charge on any atom is -0.381 e. The molecule has 2 aliphatic heterocycles. The Balaban J connectivity index is 1.94. The van der Waals surface area contributed by atoms with Crippen molar-refractivity contribution in [3.05, 3.63) is 0 Å². The van der Waals surface area contributed by atoms with Crippen molar-refractivity contribution < 1.29 is 14.2 Å². The van der Waals surface area contributed by atoms with Crippen LogP contribution in [0, 0.1) is 0 Å². The van der Waals surface area contributed by atoms with Crippen molar-refractivity contribution in [2.45, 2.75) is 24.7 Å². The average molecular weight is 193 g/mol. The Morgan fingerprint density at radius 3 is 2.67 bits per heavy atom. The fourth-order valence-corrected chi connectivity index (χ4v) is 1.79. The van der Waals surface area contributed by atoms with Crippen LogP contribution in [0.25, 0.3) is 0 Å². The molecule has 70 valence electrons. The van der Waals surface area contributed by atoms with Crippen LogP contribution in [0.5, 0.6) is 0 Å². The zero-order chi connectivity index (χ0) is 8.44. The van der Waals surface area contributed by atoms with Gasteiger partial charge in [0.15, 0.2) is 5.79 Å². The zero-order valence-electron chi connectivity index (χ0n) is 6.92. The molecular weight excluding hydrogens is 180 g/mol. The lowest BCUT2D eigenvalue weighted by atomic mass is 10.1. The number of hydrogen-bond acceptors (Lipinski definition) is 3. The molecule has 2 aliphatic rings. The molecule has 3 nitrogen and oxygen atoms in total. The first-order chi connectivity index (χ1) is 5.85. The van der Waals surface area contributed by atoms with E-state index in [-0.39, 0.29) is 11.9 Å². The Bertz CT molecular complexity index is 156. The standard InChI is InChI=1S/C8H13ClO3/c9-5-7-6-11-8(12-7)1-3-10-4-2-8/h7H,1-6H2. The molecule has 1 spiro atoms. The van der Waals surface area contributed by atoms with E-state index in [1.165, 1.54) is 0 Å². The third-order valence-corrected chi connectivity index (χ3v) is 2.68. The van der Waals surface area contributed by atoms with E-state index in [1.807, 2.05) is 0 Å². The summed E-state index contributed by atoms with van der Waals surface area (Å²) < 4.78 is 16.5. The number of hydrogen-bond donors (Lipinski definition) is 0. The molecule has 1 atom stereocenters. The SMILES string of the molecule is ClCC1COC2(CCOCC2)O1. The molecule has 12 heavy (non-hydrogen) atoms. The van der Waals surface area contributed by atoms with E-state index in [2.05, 4.69) is 0 Å². The number of ether oxygens (including phenoxy) is 3. The van der Waals surface area contributed by atoms with Crippen molar-refractivity contribution in [1.29, 1.82) is 0 Å². The van der Waals surface area contributed by atoms with Crippen molar-refractivity contribution in [1.82, 2.24) is 0 Å². The Hall–Kier alpha value is 0.170. The van der Waals surface area contributed by atoms with Gasteiger partial charge < -0.3 is 14.2 Å². The molecule has 0 aromatic rings. The molecule has 2 fully saturated rings. The lowest BCUT2D eigenvalue weighted by Crippen LogP contribution is -2.37. The van der Waals surface area contributed by atoms with E-state index >= 15 is 0 Å². The maximum atomic E-state index is 5.70. The summed E-state index contributed by atoms with van der Waals surface area (Å²) >= 11 is 5.67. The molecule has 0 aromatic heterocycles. The van der Waals surface area contributed by atoms with Gasteiger partial charge in [-0.2, -0.15) is 0 Å². The minimum atomic E-state index is -0.363. The smallest absolute Gasteiger partial charge is 0.173 e. The molecule has 0 N–H and O–H groups in total. The normalized spacial score (nSPS) is 34.2.